The van der Waals surface area contributed by atoms with Gasteiger partial charge < -0.3 is 10.6 Å². The number of thiazole rings is 1. The lowest BCUT2D eigenvalue weighted by Gasteiger charge is -2.29. The fraction of sp³-hybridized carbons (Fsp3) is 0.500. The Balaban J connectivity index is 0.00000169. The van der Waals surface area contributed by atoms with Crippen molar-refractivity contribution in [2.45, 2.75) is 50.7 Å². The number of amides is 1. The fourth-order valence-electron chi connectivity index (χ4n) is 3.57. The predicted octanol–water partition coefficient (Wildman–Crippen LogP) is 4.27. The van der Waals surface area contributed by atoms with Crippen molar-refractivity contribution in [1.82, 2.24) is 15.6 Å². The van der Waals surface area contributed by atoms with Gasteiger partial charge in [-0.3, -0.25) is 4.79 Å². The summed E-state index contributed by atoms with van der Waals surface area (Å²) in [4.78, 5) is 18.9. The minimum Gasteiger partial charge on any atom is -0.348 e. The molecule has 2 aliphatic heterocycles. The van der Waals surface area contributed by atoms with Gasteiger partial charge in [-0.1, -0.05) is 11.6 Å². The highest BCUT2D eigenvalue weighted by molar-refractivity contribution is 7.24. The van der Waals surface area contributed by atoms with E-state index in [1.807, 2.05) is 19.1 Å². The minimum atomic E-state index is 0. The molecule has 0 aliphatic carbocycles. The first-order valence-corrected chi connectivity index (χ1v) is 9.89. The van der Waals surface area contributed by atoms with Crippen LogP contribution >= 0.6 is 46.7 Å². The van der Waals surface area contributed by atoms with Crippen LogP contribution in [0, 0.1) is 6.92 Å². The Bertz CT molecular complexity index is 734. The molecular formula is C16H19Cl2N3OS2. The molecule has 2 aromatic heterocycles. The molecule has 0 aromatic carbocycles. The molecule has 24 heavy (non-hydrogen) atoms. The number of halogens is 2. The van der Waals surface area contributed by atoms with Gasteiger partial charge in [0.2, 0.25) is 0 Å². The highest BCUT2D eigenvalue weighted by atomic mass is 35.5. The SMILES string of the molecule is Cc1nc(-c2ccc(Cl)s2)sc1C(=O)NC1CC2CCC(C1)N2.Cl. The number of nitrogens with one attached hydrogen (secondary N) is 2. The zero-order chi connectivity index (χ0) is 16.0. The Kier molecular flexibility index (Phi) is 5.52. The van der Waals surface area contributed by atoms with E-state index in [0.717, 1.165) is 37.6 Å². The Morgan fingerprint density at radius 2 is 2.00 bits per heavy atom. The Hall–Kier alpha value is -0.660. The van der Waals surface area contributed by atoms with Gasteiger partial charge in [-0.25, -0.2) is 4.98 Å². The predicted molar refractivity (Wildman–Crippen MR) is 103 cm³/mol. The van der Waals surface area contributed by atoms with E-state index in [1.54, 1.807) is 0 Å². The van der Waals surface area contributed by atoms with Crippen LogP contribution in [0.2, 0.25) is 4.34 Å². The van der Waals surface area contributed by atoms with E-state index in [4.69, 9.17) is 11.6 Å². The lowest BCUT2D eigenvalue weighted by molar-refractivity contribution is 0.0927. The summed E-state index contributed by atoms with van der Waals surface area (Å²) in [5.41, 5.74) is 0.795. The van der Waals surface area contributed by atoms with Crippen molar-refractivity contribution in [3.63, 3.8) is 0 Å². The van der Waals surface area contributed by atoms with Crippen LogP contribution in [-0.4, -0.2) is 29.0 Å². The van der Waals surface area contributed by atoms with Gasteiger partial charge in [-0.15, -0.1) is 35.1 Å². The summed E-state index contributed by atoms with van der Waals surface area (Å²) in [5, 5.41) is 7.69. The van der Waals surface area contributed by atoms with Crippen LogP contribution in [0.1, 0.15) is 41.0 Å². The summed E-state index contributed by atoms with van der Waals surface area (Å²) in [6.07, 6.45) is 4.54. The van der Waals surface area contributed by atoms with Crippen LogP contribution in [0.25, 0.3) is 9.88 Å². The van der Waals surface area contributed by atoms with Crippen LogP contribution in [0.5, 0.6) is 0 Å². The fourth-order valence-corrected chi connectivity index (χ4v) is 5.63. The van der Waals surface area contributed by atoms with E-state index in [-0.39, 0.29) is 24.4 Å². The first-order valence-electron chi connectivity index (χ1n) is 7.88. The maximum atomic E-state index is 12.6. The van der Waals surface area contributed by atoms with Crippen molar-refractivity contribution < 1.29 is 4.79 Å². The molecule has 4 nitrogen and oxygen atoms in total. The van der Waals surface area contributed by atoms with Gasteiger partial charge in [0.1, 0.15) is 9.88 Å². The average molecular weight is 404 g/mol. The van der Waals surface area contributed by atoms with Gasteiger partial charge in [0, 0.05) is 18.1 Å². The number of hydrogen-bond acceptors (Lipinski definition) is 5. The van der Waals surface area contributed by atoms with Crippen molar-refractivity contribution in [3.05, 3.63) is 27.0 Å². The zero-order valence-electron chi connectivity index (χ0n) is 13.2. The Labute approximate surface area is 160 Å². The molecule has 2 aromatic rings. The van der Waals surface area contributed by atoms with E-state index in [1.165, 1.54) is 35.5 Å². The van der Waals surface area contributed by atoms with E-state index < -0.39 is 0 Å². The lowest BCUT2D eigenvalue weighted by Crippen LogP contribution is -2.48. The summed E-state index contributed by atoms with van der Waals surface area (Å²) >= 11 is 8.94. The third-order valence-corrected chi connectivity index (χ3v) is 7.15. The van der Waals surface area contributed by atoms with Gasteiger partial charge >= 0.3 is 0 Å². The number of carbonyl (C=O) groups excluding carboxylic acids is 1. The number of thiophene rings is 1. The molecule has 4 heterocycles. The molecule has 2 unspecified atom stereocenters. The van der Waals surface area contributed by atoms with Crippen LogP contribution < -0.4 is 10.6 Å². The number of nitrogens with zero attached hydrogens (tertiary/aromatic N) is 1. The number of aromatic nitrogens is 1. The summed E-state index contributed by atoms with van der Waals surface area (Å²) < 4.78 is 0.740. The number of fused-ring (bicyclic) bond motifs is 2. The van der Waals surface area contributed by atoms with Crippen LogP contribution in [0.15, 0.2) is 12.1 Å². The van der Waals surface area contributed by atoms with Crippen LogP contribution in [0.4, 0.5) is 0 Å². The third-order valence-electron chi connectivity index (χ3n) is 4.60. The van der Waals surface area contributed by atoms with Crippen molar-refractivity contribution in [2.24, 2.45) is 0 Å². The number of rotatable bonds is 3. The second kappa shape index (κ2) is 7.30. The lowest BCUT2D eigenvalue weighted by atomic mass is 10.00. The van der Waals surface area contributed by atoms with E-state index in [0.29, 0.717) is 12.1 Å². The number of aryl methyl sites for hydroxylation is 1. The maximum absolute atomic E-state index is 12.6. The molecule has 1 amide bonds. The van der Waals surface area contributed by atoms with Crippen molar-refractivity contribution in [1.29, 1.82) is 0 Å². The number of carbonyl (C=O) groups is 1. The van der Waals surface area contributed by atoms with Crippen molar-refractivity contribution in [3.8, 4) is 9.88 Å². The second-order valence-corrected chi connectivity index (χ2v) is 9.03. The minimum absolute atomic E-state index is 0. The van der Waals surface area contributed by atoms with Crippen LogP contribution in [0.3, 0.4) is 0 Å². The molecule has 0 spiro atoms. The van der Waals surface area contributed by atoms with Crippen molar-refractivity contribution >= 4 is 52.6 Å². The van der Waals surface area contributed by atoms with Gasteiger partial charge in [0.25, 0.3) is 5.91 Å². The highest BCUT2D eigenvalue weighted by Crippen LogP contribution is 2.35. The van der Waals surface area contributed by atoms with Crippen LogP contribution in [-0.2, 0) is 0 Å². The van der Waals surface area contributed by atoms with Gasteiger partial charge in [0.15, 0.2) is 0 Å². The van der Waals surface area contributed by atoms with Gasteiger partial charge in [0.05, 0.1) is 14.9 Å². The van der Waals surface area contributed by atoms with E-state index in [9.17, 15) is 4.79 Å². The molecule has 4 rings (SSSR count). The molecule has 8 heteroatoms. The number of piperidine rings is 1. The molecule has 2 saturated heterocycles. The van der Waals surface area contributed by atoms with Crippen molar-refractivity contribution in [2.75, 3.05) is 0 Å². The molecule has 130 valence electrons. The largest absolute Gasteiger partial charge is 0.348 e. The monoisotopic (exact) mass is 403 g/mol. The van der Waals surface area contributed by atoms with E-state index in [2.05, 4.69) is 15.6 Å². The Morgan fingerprint density at radius 1 is 1.29 bits per heavy atom. The quantitative estimate of drug-likeness (QED) is 0.804. The second-order valence-electron chi connectivity index (χ2n) is 6.32. The topological polar surface area (TPSA) is 54.0 Å². The molecule has 2 aliphatic rings. The third kappa shape index (κ3) is 3.63. The Morgan fingerprint density at radius 3 is 2.62 bits per heavy atom. The highest BCUT2D eigenvalue weighted by Gasteiger charge is 2.34. The summed E-state index contributed by atoms with van der Waals surface area (Å²) in [6, 6.07) is 5.25. The zero-order valence-corrected chi connectivity index (χ0v) is 16.4. The summed E-state index contributed by atoms with van der Waals surface area (Å²) in [5.74, 6) is 0.0141. The first kappa shape index (κ1) is 18.1. The molecule has 2 atom stereocenters. The average Bonchev–Trinajstić information content (AvgIpc) is 3.18. The van der Waals surface area contributed by atoms with Gasteiger partial charge in [-0.05, 0) is 44.7 Å². The summed E-state index contributed by atoms with van der Waals surface area (Å²) in [6.45, 7) is 1.90. The normalized spacial score (nSPS) is 25.3. The molecule has 0 saturated carbocycles. The first-order chi connectivity index (χ1) is 11.1. The van der Waals surface area contributed by atoms with Gasteiger partial charge in [-0.2, -0.15) is 0 Å². The smallest absolute Gasteiger partial charge is 0.263 e. The molecule has 2 bridgehead atoms. The standard InChI is InChI=1S/C16H18ClN3OS2.ClH/c1-8-14(23-16(18-8)12-4-5-13(17)22-12)15(21)20-11-6-9-2-3-10(7-11)19-9;/h4-5,9-11,19H,2-3,6-7H2,1H3,(H,20,21);1H. The molecular weight excluding hydrogens is 385 g/mol. The molecule has 2 N–H and O–H groups in total. The van der Waals surface area contributed by atoms with E-state index >= 15 is 0 Å². The summed E-state index contributed by atoms with van der Waals surface area (Å²) in [7, 11) is 0. The maximum Gasteiger partial charge on any atom is 0.263 e. The molecule has 0 radical (unpaired) electrons. The molecule has 2 fully saturated rings. The number of hydrogen-bond donors (Lipinski definition) is 2.